The molecule has 0 amide bonds. The Bertz CT molecular complexity index is 864. The van der Waals surface area contributed by atoms with Gasteiger partial charge in [0.1, 0.15) is 6.10 Å². The van der Waals surface area contributed by atoms with E-state index < -0.39 is 0 Å². The number of rotatable bonds is 4. The lowest BCUT2D eigenvalue weighted by molar-refractivity contribution is -0.00833. The van der Waals surface area contributed by atoms with Crippen LogP contribution in [0.25, 0.3) is 0 Å². The van der Waals surface area contributed by atoms with Crippen molar-refractivity contribution in [1.82, 2.24) is 10.2 Å². The van der Waals surface area contributed by atoms with E-state index in [2.05, 4.69) is 75.6 Å². The molecule has 0 bridgehead atoms. The number of hydrogen-bond acceptors (Lipinski definition) is 4. The van der Waals surface area contributed by atoms with E-state index in [9.17, 15) is 0 Å². The van der Waals surface area contributed by atoms with Gasteiger partial charge in [0.05, 0.1) is 26.4 Å². The monoisotopic (exact) mass is 408 g/mol. The van der Waals surface area contributed by atoms with Crippen LogP contribution in [-0.2, 0) is 16.0 Å². The first-order valence-corrected chi connectivity index (χ1v) is 10.8. The number of ether oxygens (including phenoxy) is 2. The molecule has 1 N–H and O–H groups in total. The molecule has 30 heavy (non-hydrogen) atoms. The fraction of sp³-hybridized carbons (Fsp3) is 0.458. The summed E-state index contributed by atoms with van der Waals surface area (Å²) in [5, 5.41) is 3.58. The Hall–Kier alpha value is -2.57. The van der Waals surface area contributed by atoms with Gasteiger partial charge in [-0.2, -0.15) is 0 Å². The number of aryl methyl sites for hydroxylation is 1. The normalized spacial score (nSPS) is 20.3. The van der Waals surface area contributed by atoms with Crippen molar-refractivity contribution >= 4 is 11.6 Å². The van der Waals surface area contributed by atoms with Crippen LogP contribution in [0.3, 0.4) is 0 Å². The maximum absolute atomic E-state index is 6.09. The Labute approximate surface area is 179 Å². The third-order valence-electron chi connectivity index (χ3n) is 5.89. The highest BCUT2D eigenvalue weighted by molar-refractivity contribution is 5.80. The van der Waals surface area contributed by atoms with E-state index in [-0.39, 0.29) is 6.10 Å². The number of aliphatic imine (C=N–C) groups is 1. The Morgan fingerprint density at radius 2 is 1.80 bits per heavy atom. The number of morpholine rings is 2. The molecule has 1 unspecified atom stereocenters. The summed E-state index contributed by atoms with van der Waals surface area (Å²) >= 11 is 0. The van der Waals surface area contributed by atoms with Crippen LogP contribution in [0, 0.1) is 6.92 Å². The Balaban J connectivity index is 1.42. The lowest BCUT2D eigenvalue weighted by Crippen LogP contribution is -2.48. The summed E-state index contributed by atoms with van der Waals surface area (Å²) in [5.74, 6) is 0.925. The smallest absolute Gasteiger partial charge is 0.194 e. The minimum absolute atomic E-state index is 0.0686. The quantitative estimate of drug-likeness (QED) is 0.623. The third kappa shape index (κ3) is 4.77. The highest BCUT2D eigenvalue weighted by Gasteiger charge is 2.25. The van der Waals surface area contributed by atoms with Gasteiger partial charge in [0.15, 0.2) is 5.96 Å². The molecule has 0 saturated carbocycles. The molecular weight excluding hydrogens is 376 g/mol. The van der Waals surface area contributed by atoms with Crippen molar-refractivity contribution < 1.29 is 9.47 Å². The molecular formula is C24H32N4O2. The molecule has 0 spiro atoms. The fourth-order valence-electron chi connectivity index (χ4n) is 4.26. The van der Waals surface area contributed by atoms with Gasteiger partial charge >= 0.3 is 0 Å². The summed E-state index contributed by atoms with van der Waals surface area (Å²) in [6.45, 7) is 8.68. The number of guanidine groups is 1. The minimum atomic E-state index is 0.0686. The predicted molar refractivity (Wildman–Crippen MR) is 121 cm³/mol. The number of benzene rings is 2. The van der Waals surface area contributed by atoms with Crippen molar-refractivity contribution in [2.75, 3.05) is 57.9 Å². The molecule has 2 fully saturated rings. The maximum Gasteiger partial charge on any atom is 0.194 e. The van der Waals surface area contributed by atoms with Gasteiger partial charge in [-0.05, 0) is 29.7 Å². The van der Waals surface area contributed by atoms with E-state index >= 15 is 0 Å². The van der Waals surface area contributed by atoms with Crippen molar-refractivity contribution in [1.29, 1.82) is 0 Å². The van der Waals surface area contributed by atoms with E-state index in [1.807, 2.05) is 7.05 Å². The predicted octanol–water partition coefficient (Wildman–Crippen LogP) is 2.98. The molecule has 0 aliphatic carbocycles. The molecule has 6 heteroatoms. The molecule has 0 aromatic heterocycles. The minimum Gasteiger partial charge on any atom is -0.378 e. The molecule has 2 saturated heterocycles. The zero-order chi connectivity index (χ0) is 20.8. The van der Waals surface area contributed by atoms with E-state index in [0.717, 1.165) is 51.9 Å². The second-order valence-electron chi connectivity index (χ2n) is 7.79. The SMILES string of the molecule is CN=C(NCc1ccccc1N1CCOCC1)N1CCOC(c2ccccc2C)C1. The third-order valence-corrected chi connectivity index (χ3v) is 5.89. The summed E-state index contributed by atoms with van der Waals surface area (Å²) in [6, 6.07) is 17.1. The Morgan fingerprint density at radius 1 is 1.03 bits per heavy atom. The topological polar surface area (TPSA) is 49.3 Å². The Kier molecular flexibility index (Phi) is 6.87. The zero-order valence-corrected chi connectivity index (χ0v) is 18.0. The maximum atomic E-state index is 6.09. The summed E-state index contributed by atoms with van der Waals surface area (Å²) < 4.78 is 11.6. The second kappa shape index (κ2) is 9.96. The van der Waals surface area contributed by atoms with E-state index in [4.69, 9.17) is 9.47 Å². The van der Waals surface area contributed by atoms with Crippen LogP contribution >= 0.6 is 0 Å². The van der Waals surface area contributed by atoms with Gasteiger partial charge in [0, 0.05) is 38.9 Å². The largest absolute Gasteiger partial charge is 0.378 e. The standard InChI is InChI=1S/C24H32N4O2/c1-19-7-3-5-9-21(19)23-18-28(13-16-30-23)24(25-2)26-17-20-8-4-6-10-22(20)27-11-14-29-15-12-27/h3-10,23H,11-18H2,1-2H3,(H,25,26). The molecule has 2 aromatic rings. The van der Waals surface area contributed by atoms with Gasteiger partial charge in [0.2, 0.25) is 0 Å². The lowest BCUT2D eigenvalue weighted by atomic mass is 10.0. The molecule has 160 valence electrons. The molecule has 2 heterocycles. The summed E-state index contributed by atoms with van der Waals surface area (Å²) in [6.07, 6.45) is 0.0686. The van der Waals surface area contributed by atoms with Gasteiger partial charge in [0.25, 0.3) is 0 Å². The number of para-hydroxylation sites is 1. The molecule has 0 radical (unpaired) electrons. The number of nitrogens with zero attached hydrogens (tertiary/aromatic N) is 3. The Morgan fingerprint density at radius 3 is 2.60 bits per heavy atom. The van der Waals surface area contributed by atoms with Crippen molar-refractivity contribution in [3.05, 3.63) is 65.2 Å². The van der Waals surface area contributed by atoms with E-state index in [1.54, 1.807) is 0 Å². The molecule has 2 aliphatic rings. The van der Waals surface area contributed by atoms with Crippen LogP contribution < -0.4 is 10.2 Å². The van der Waals surface area contributed by atoms with Crippen LogP contribution in [-0.4, -0.2) is 63.9 Å². The van der Waals surface area contributed by atoms with Crippen LogP contribution in [0.2, 0.25) is 0 Å². The fourth-order valence-corrected chi connectivity index (χ4v) is 4.26. The molecule has 2 aliphatic heterocycles. The first kappa shape index (κ1) is 20.7. The average molecular weight is 409 g/mol. The molecule has 6 nitrogen and oxygen atoms in total. The zero-order valence-electron chi connectivity index (χ0n) is 18.0. The number of hydrogen-bond donors (Lipinski definition) is 1. The summed E-state index contributed by atoms with van der Waals surface area (Å²) in [5.41, 5.74) is 5.09. The molecule has 1 atom stereocenters. The highest BCUT2D eigenvalue weighted by atomic mass is 16.5. The van der Waals surface area contributed by atoms with Gasteiger partial charge in [-0.3, -0.25) is 4.99 Å². The lowest BCUT2D eigenvalue weighted by Gasteiger charge is -2.36. The first-order chi connectivity index (χ1) is 14.8. The van der Waals surface area contributed by atoms with Crippen molar-refractivity contribution in [3.63, 3.8) is 0 Å². The number of nitrogens with one attached hydrogen (secondary N) is 1. The van der Waals surface area contributed by atoms with E-state index in [1.165, 1.54) is 22.4 Å². The van der Waals surface area contributed by atoms with Gasteiger partial charge in [-0.15, -0.1) is 0 Å². The van der Waals surface area contributed by atoms with Crippen molar-refractivity contribution in [2.24, 2.45) is 4.99 Å². The van der Waals surface area contributed by atoms with Crippen LogP contribution in [0.5, 0.6) is 0 Å². The van der Waals surface area contributed by atoms with Crippen LogP contribution in [0.15, 0.2) is 53.5 Å². The summed E-state index contributed by atoms with van der Waals surface area (Å²) in [7, 11) is 1.86. The highest BCUT2D eigenvalue weighted by Crippen LogP contribution is 2.25. The first-order valence-electron chi connectivity index (χ1n) is 10.8. The summed E-state index contributed by atoms with van der Waals surface area (Å²) in [4.78, 5) is 9.27. The van der Waals surface area contributed by atoms with Crippen LogP contribution in [0.4, 0.5) is 5.69 Å². The van der Waals surface area contributed by atoms with E-state index in [0.29, 0.717) is 6.61 Å². The average Bonchev–Trinajstić information content (AvgIpc) is 2.81. The molecule has 4 rings (SSSR count). The van der Waals surface area contributed by atoms with Gasteiger partial charge < -0.3 is 24.6 Å². The second-order valence-corrected chi connectivity index (χ2v) is 7.79. The van der Waals surface area contributed by atoms with Crippen molar-refractivity contribution in [3.8, 4) is 0 Å². The van der Waals surface area contributed by atoms with Gasteiger partial charge in [-0.25, -0.2) is 0 Å². The van der Waals surface area contributed by atoms with Crippen LogP contribution in [0.1, 0.15) is 22.8 Å². The molecule has 2 aromatic carbocycles. The number of anilines is 1. The van der Waals surface area contributed by atoms with Crippen molar-refractivity contribution in [2.45, 2.75) is 19.6 Å². The van der Waals surface area contributed by atoms with Gasteiger partial charge in [-0.1, -0.05) is 42.5 Å².